The summed E-state index contributed by atoms with van der Waals surface area (Å²) in [6.07, 6.45) is 11.3. The molecule has 0 heterocycles. The molecule has 0 amide bonds. The third-order valence-electron chi connectivity index (χ3n) is 5.59. The summed E-state index contributed by atoms with van der Waals surface area (Å²) in [5.74, 6) is 2.16. The summed E-state index contributed by atoms with van der Waals surface area (Å²) in [6.45, 7) is 3.67. The Morgan fingerprint density at radius 1 is 0.913 bits per heavy atom. The van der Waals surface area contributed by atoms with E-state index in [1.807, 2.05) is 12.2 Å². The van der Waals surface area contributed by atoms with Gasteiger partial charge in [-0.25, -0.2) is 0 Å². The maximum Gasteiger partial charge on any atom is 0.522 e. The third kappa shape index (κ3) is 6.70. The number of hydrogen-bond donors (Lipinski definition) is 0. The largest absolute Gasteiger partial charge is 0.522 e. The lowest BCUT2D eigenvalue weighted by Gasteiger charge is -2.37. The van der Waals surface area contributed by atoms with Crippen molar-refractivity contribution >= 4 is 0 Å². The van der Waals surface area contributed by atoms with Crippen molar-refractivity contribution < 1.29 is 17.9 Å². The highest BCUT2D eigenvalue weighted by Gasteiger charge is 2.37. The standard InChI is InChI=1S/C19H29F3O/c1-2-3-4-5-6-15-7-9-16(10-8-15)17-11-13-18(14-12-17)23-19(20,21)22/h2-4,15-18H,1,5-14H2/b4-3+. The summed E-state index contributed by atoms with van der Waals surface area (Å²) in [4.78, 5) is 0. The fraction of sp³-hybridized carbons (Fsp3) is 0.789. The van der Waals surface area contributed by atoms with Crippen molar-refractivity contribution in [1.29, 1.82) is 0 Å². The second-order valence-corrected chi connectivity index (χ2v) is 7.12. The zero-order valence-corrected chi connectivity index (χ0v) is 13.9. The van der Waals surface area contributed by atoms with E-state index in [0.717, 1.165) is 31.1 Å². The summed E-state index contributed by atoms with van der Waals surface area (Å²) < 4.78 is 40.9. The van der Waals surface area contributed by atoms with E-state index in [0.29, 0.717) is 18.8 Å². The molecule has 2 aliphatic rings. The van der Waals surface area contributed by atoms with Gasteiger partial charge in [0.1, 0.15) is 0 Å². The highest BCUT2D eigenvalue weighted by atomic mass is 19.4. The SMILES string of the molecule is C=C/C=C/CCC1CCC(C2CCC(OC(F)(F)F)CC2)CC1. The minimum atomic E-state index is -4.48. The molecule has 0 saturated heterocycles. The molecule has 0 N–H and O–H groups in total. The molecule has 0 aromatic rings. The van der Waals surface area contributed by atoms with Crippen LogP contribution in [-0.2, 0) is 4.74 Å². The van der Waals surface area contributed by atoms with E-state index in [9.17, 15) is 13.2 Å². The van der Waals surface area contributed by atoms with Gasteiger partial charge in [0.25, 0.3) is 0 Å². The Morgan fingerprint density at radius 3 is 2.00 bits per heavy atom. The Kier molecular flexibility index (Phi) is 7.19. The first-order valence-electron chi connectivity index (χ1n) is 9.00. The van der Waals surface area contributed by atoms with Crippen molar-refractivity contribution in [2.24, 2.45) is 17.8 Å². The fourth-order valence-corrected chi connectivity index (χ4v) is 4.34. The van der Waals surface area contributed by atoms with Crippen LogP contribution in [0.25, 0.3) is 0 Å². The van der Waals surface area contributed by atoms with Crippen molar-refractivity contribution in [3.8, 4) is 0 Å². The van der Waals surface area contributed by atoms with Gasteiger partial charge >= 0.3 is 6.36 Å². The van der Waals surface area contributed by atoms with Gasteiger partial charge in [0, 0.05) is 0 Å². The molecule has 23 heavy (non-hydrogen) atoms. The normalized spacial score (nSPS) is 33.0. The molecule has 0 unspecified atom stereocenters. The van der Waals surface area contributed by atoms with E-state index in [1.54, 1.807) is 0 Å². The summed E-state index contributed by atoms with van der Waals surface area (Å²) in [5.41, 5.74) is 0. The van der Waals surface area contributed by atoms with Crippen molar-refractivity contribution in [1.82, 2.24) is 0 Å². The average Bonchev–Trinajstić information content (AvgIpc) is 2.52. The van der Waals surface area contributed by atoms with Crippen LogP contribution in [0.5, 0.6) is 0 Å². The van der Waals surface area contributed by atoms with E-state index >= 15 is 0 Å². The Labute approximate surface area is 138 Å². The second kappa shape index (κ2) is 8.91. The van der Waals surface area contributed by atoms with Crippen LogP contribution in [-0.4, -0.2) is 12.5 Å². The van der Waals surface area contributed by atoms with Crippen molar-refractivity contribution in [2.45, 2.75) is 76.7 Å². The van der Waals surface area contributed by atoms with Gasteiger partial charge in [0.05, 0.1) is 6.10 Å². The van der Waals surface area contributed by atoms with Crippen LogP contribution in [0.2, 0.25) is 0 Å². The van der Waals surface area contributed by atoms with Crippen LogP contribution in [0.3, 0.4) is 0 Å². The molecule has 0 aromatic carbocycles. The first-order valence-corrected chi connectivity index (χ1v) is 9.00. The van der Waals surface area contributed by atoms with E-state index in [1.165, 1.54) is 32.1 Å². The van der Waals surface area contributed by atoms with E-state index in [4.69, 9.17) is 0 Å². The number of hydrogen-bond acceptors (Lipinski definition) is 1. The van der Waals surface area contributed by atoms with Crippen LogP contribution in [0, 0.1) is 17.8 Å². The van der Waals surface area contributed by atoms with Crippen LogP contribution >= 0.6 is 0 Å². The average molecular weight is 330 g/mol. The topological polar surface area (TPSA) is 9.23 Å². The quantitative estimate of drug-likeness (QED) is 0.511. The smallest absolute Gasteiger partial charge is 0.289 e. The zero-order valence-electron chi connectivity index (χ0n) is 13.9. The van der Waals surface area contributed by atoms with Gasteiger partial charge in [0.15, 0.2) is 0 Å². The molecule has 0 bridgehead atoms. The predicted molar refractivity (Wildman–Crippen MR) is 86.9 cm³/mol. The van der Waals surface area contributed by atoms with Crippen molar-refractivity contribution in [3.05, 3.63) is 24.8 Å². The second-order valence-electron chi connectivity index (χ2n) is 7.12. The van der Waals surface area contributed by atoms with E-state index < -0.39 is 12.5 Å². The number of alkyl halides is 3. The van der Waals surface area contributed by atoms with E-state index in [2.05, 4.69) is 17.4 Å². The molecule has 0 spiro atoms. The molecule has 0 atom stereocenters. The molecule has 4 heteroatoms. The minimum absolute atomic E-state index is 0.566. The number of halogens is 3. The Balaban J connectivity index is 1.64. The Bertz CT molecular complexity index is 373. The predicted octanol–water partition coefficient (Wildman–Crippen LogP) is 6.41. The monoisotopic (exact) mass is 330 g/mol. The summed E-state index contributed by atoms with van der Waals surface area (Å²) in [7, 11) is 0. The maximum absolute atomic E-state index is 12.3. The molecular weight excluding hydrogens is 301 g/mol. The molecule has 1 nitrogen and oxygen atoms in total. The summed E-state index contributed by atoms with van der Waals surface area (Å²) >= 11 is 0. The molecule has 2 rings (SSSR count). The van der Waals surface area contributed by atoms with Gasteiger partial charge < -0.3 is 0 Å². The molecule has 2 saturated carbocycles. The highest BCUT2D eigenvalue weighted by molar-refractivity contribution is 4.97. The Morgan fingerprint density at radius 2 is 1.48 bits per heavy atom. The van der Waals surface area contributed by atoms with E-state index in [-0.39, 0.29) is 0 Å². The van der Waals surface area contributed by atoms with Gasteiger partial charge in [-0.2, -0.15) is 0 Å². The maximum atomic E-state index is 12.3. The van der Waals surface area contributed by atoms with Crippen molar-refractivity contribution in [2.75, 3.05) is 0 Å². The lowest BCUT2D eigenvalue weighted by atomic mass is 9.70. The van der Waals surface area contributed by atoms with Gasteiger partial charge in [0.2, 0.25) is 0 Å². The molecule has 2 aliphatic carbocycles. The zero-order chi connectivity index (χ0) is 16.7. The third-order valence-corrected chi connectivity index (χ3v) is 5.59. The summed E-state index contributed by atoms with van der Waals surface area (Å²) in [6, 6.07) is 0. The number of ether oxygens (including phenoxy) is 1. The number of rotatable bonds is 6. The summed E-state index contributed by atoms with van der Waals surface area (Å²) in [5, 5.41) is 0. The lowest BCUT2D eigenvalue weighted by Crippen LogP contribution is -2.31. The van der Waals surface area contributed by atoms with Crippen LogP contribution in [0.4, 0.5) is 13.2 Å². The molecular formula is C19H29F3O. The molecule has 2 fully saturated rings. The number of allylic oxidation sites excluding steroid dienone is 3. The lowest BCUT2D eigenvalue weighted by molar-refractivity contribution is -0.346. The molecule has 0 radical (unpaired) electrons. The fourth-order valence-electron chi connectivity index (χ4n) is 4.34. The van der Waals surface area contributed by atoms with Gasteiger partial charge in [-0.05, 0) is 69.1 Å². The Hall–Kier alpha value is -0.770. The van der Waals surface area contributed by atoms with Crippen LogP contribution < -0.4 is 0 Å². The van der Waals surface area contributed by atoms with Crippen LogP contribution in [0.1, 0.15) is 64.2 Å². The first-order chi connectivity index (χ1) is 11.0. The first kappa shape index (κ1) is 18.6. The van der Waals surface area contributed by atoms with Gasteiger partial charge in [-0.3, -0.25) is 4.74 Å². The van der Waals surface area contributed by atoms with Gasteiger partial charge in [-0.1, -0.05) is 37.6 Å². The molecule has 0 aliphatic heterocycles. The molecule has 0 aromatic heterocycles. The highest BCUT2D eigenvalue weighted by Crippen LogP contribution is 2.42. The van der Waals surface area contributed by atoms with Crippen LogP contribution in [0.15, 0.2) is 24.8 Å². The van der Waals surface area contributed by atoms with Gasteiger partial charge in [-0.15, -0.1) is 13.2 Å². The molecule has 132 valence electrons. The minimum Gasteiger partial charge on any atom is -0.289 e. The van der Waals surface area contributed by atoms with Crippen molar-refractivity contribution in [3.63, 3.8) is 0 Å².